The SMILES string of the molecule is Nc1nnc(C(=O)NCc2cccc(C(F)(F)F)c2)s1. The largest absolute Gasteiger partial charge is 0.416 e. The van der Waals surface area contributed by atoms with E-state index in [-0.39, 0.29) is 16.7 Å². The van der Waals surface area contributed by atoms with Crippen molar-refractivity contribution in [3.63, 3.8) is 0 Å². The van der Waals surface area contributed by atoms with E-state index in [9.17, 15) is 18.0 Å². The van der Waals surface area contributed by atoms with Crippen LogP contribution in [0, 0.1) is 0 Å². The summed E-state index contributed by atoms with van der Waals surface area (Å²) in [5.74, 6) is -0.531. The molecule has 0 bridgehead atoms. The van der Waals surface area contributed by atoms with Crippen LogP contribution in [-0.4, -0.2) is 16.1 Å². The molecule has 9 heteroatoms. The van der Waals surface area contributed by atoms with Gasteiger partial charge in [-0.2, -0.15) is 13.2 Å². The number of nitrogens with one attached hydrogen (secondary N) is 1. The summed E-state index contributed by atoms with van der Waals surface area (Å²) in [7, 11) is 0. The molecule has 20 heavy (non-hydrogen) atoms. The van der Waals surface area contributed by atoms with Crippen LogP contribution < -0.4 is 11.1 Å². The van der Waals surface area contributed by atoms with Crippen LogP contribution in [0.3, 0.4) is 0 Å². The lowest BCUT2D eigenvalue weighted by Crippen LogP contribution is -2.22. The predicted molar refractivity (Wildman–Crippen MR) is 66.9 cm³/mol. The van der Waals surface area contributed by atoms with Gasteiger partial charge < -0.3 is 11.1 Å². The summed E-state index contributed by atoms with van der Waals surface area (Å²) in [6, 6.07) is 4.72. The Morgan fingerprint density at radius 3 is 2.70 bits per heavy atom. The first kappa shape index (κ1) is 14.3. The predicted octanol–water partition coefficient (Wildman–Crippen LogP) is 2.07. The van der Waals surface area contributed by atoms with E-state index in [2.05, 4.69) is 15.5 Å². The fourth-order valence-corrected chi connectivity index (χ4v) is 1.97. The zero-order valence-corrected chi connectivity index (χ0v) is 10.8. The number of amides is 1. The number of nitrogens with two attached hydrogens (primary N) is 1. The van der Waals surface area contributed by atoms with Crippen molar-refractivity contribution in [1.29, 1.82) is 0 Å². The highest BCUT2D eigenvalue weighted by atomic mass is 32.1. The van der Waals surface area contributed by atoms with Gasteiger partial charge >= 0.3 is 6.18 Å². The molecule has 0 unspecified atom stereocenters. The van der Waals surface area contributed by atoms with Crippen molar-refractivity contribution in [3.8, 4) is 0 Å². The summed E-state index contributed by atoms with van der Waals surface area (Å²) in [5, 5.41) is 9.68. The Labute approximate surface area is 115 Å². The summed E-state index contributed by atoms with van der Waals surface area (Å²) >= 11 is 0.902. The number of rotatable bonds is 3. The number of anilines is 1. The average Bonchev–Trinajstić information content (AvgIpc) is 2.82. The van der Waals surface area contributed by atoms with E-state index in [1.54, 1.807) is 0 Å². The van der Waals surface area contributed by atoms with Crippen LogP contribution in [-0.2, 0) is 12.7 Å². The second-order valence-electron chi connectivity index (χ2n) is 3.83. The molecule has 1 amide bonds. The third kappa shape index (κ3) is 3.44. The maximum absolute atomic E-state index is 12.5. The van der Waals surface area contributed by atoms with Crippen LogP contribution in [0.25, 0.3) is 0 Å². The van der Waals surface area contributed by atoms with Gasteiger partial charge in [-0.25, -0.2) is 0 Å². The minimum absolute atomic E-state index is 0.0394. The number of carbonyl (C=O) groups is 1. The Morgan fingerprint density at radius 2 is 2.10 bits per heavy atom. The number of halogens is 3. The zero-order valence-electron chi connectivity index (χ0n) is 9.94. The molecule has 5 nitrogen and oxygen atoms in total. The second kappa shape index (κ2) is 5.45. The van der Waals surface area contributed by atoms with Crippen molar-refractivity contribution >= 4 is 22.4 Å². The fraction of sp³-hybridized carbons (Fsp3) is 0.182. The highest BCUT2D eigenvalue weighted by Crippen LogP contribution is 2.29. The van der Waals surface area contributed by atoms with Gasteiger partial charge in [0.1, 0.15) is 0 Å². The number of carbonyl (C=O) groups excluding carboxylic acids is 1. The van der Waals surface area contributed by atoms with Crippen molar-refractivity contribution < 1.29 is 18.0 Å². The number of benzene rings is 1. The Hall–Kier alpha value is -2.16. The first-order valence-electron chi connectivity index (χ1n) is 5.39. The van der Waals surface area contributed by atoms with E-state index in [4.69, 9.17) is 5.73 Å². The fourth-order valence-electron chi connectivity index (χ4n) is 1.44. The molecular formula is C11H9F3N4OS. The first-order valence-corrected chi connectivity index (χ1v) is 6.21. The van der Waals surface area contributed by atoms with Gasteiger partial charge in [0.05, 0.1) is 5.56 Å². The summed E-state index contributed by atoms with van der Waals surface area (Å²) in [6.07, 6.45) is -4.41. The average molecular weight is 302 g/mol. The van der Waals surface area contributed by atoms with Crippen molar-refractivity contribution in [2.45, 2.75) is 12.7 Å². The lowest BCUT2D eigenvalue weighted by molar-refractivity contribution is -0.137. The lowest BCUT2D eigenvalue weighted by atomic mass is 10.1. The molecular weight excluding hydrogens is 293 g/mol. The number of hydrogen-bond donors (Lipinski definition) is 2. The lowest BCUT2D eigenvalue weighted by Gasteiger charge is -2.09. The molecule has 3 N–H and O–H groups in total. The molecule has 0 fully saturated rings. The van der Waals surface area contributed by atoms with Gasteiger partial charge in [0.2, 0.25) is 10.1 Å². The van der Waals surface area contributed by atoms with Crippen LogP contribution in [0.1, 0.15) is 20.9 Å². The zero-order chi connectivity index (χ0) is 14.8. The number of hydrogen-bond acceptors (Lipinski definition) is 5. The maximum Gasteiger partial charge on any atom is 0.416 e. The minimum Gasteiger partial charge on any atom is -0.374 e. The Balaban J connectivity index is 2.02. The molecule has 0 atom stereocenters. The minimum atomic E-state index is -4.41. The number of alkyl halides is 3. The van der Waals surface area contributed by atoms with Crippen LogP contribution in [0.4, 0.5) is 18.3 Å². The van der Waals surface area contributed by atoms with Gasteiger partial charge in [-0.1, -0.05) is 23.5 Å². The van der Waals surface area contributed by atoms with Gasteiger partial charge in [0.25, 0.3) is 5.91 Å². The highest BCUT2D eigenvalue weighted by molar-refractivity contribution is 7.16. The van der Waals surface area contributed by atoms with E-state index < -0.39 is 17.6 Å². The van der Waals surface area contributed by atoms with E-state index in [0.29, 0.717) is 5.56 Å². The molecule has 2 rings (SSSR count). The molecule has 0 spiro atoms. The molecule has 0 aliphatic carbocycles. The molecule has 0 aliphatic rings. The van der Waals surface area contributed by atoms with Crippen LogP contribution in [0.15, 0.2) is 24.3 Å². The first-order chi connectivity index (χ1) is 9.36. The van der Waals surface area contributed by atoms with E-state index >= 15 is 0 Å². The Kier molecular flexibility index (Phi) is 3.89. The molecule has 0 aliphatic heterocycles. The van der Waals surface area contributed by atoms with Crippen molar-refractivity contribution in [2.24, 2.45) is 0 Å². The van der Waals surface area contributed by atoms with Gasteiger partial charge in [-0.3, -0.25) is 4.79 Å². The smallest absolute Gasteiger partial charge is 0.374 e. The van der Waals surface area contributed by atoms with Crippen molar-refractivity contribution in [3.05, 3.63) is 40.4 Å². The van der Waals surface area contributed by atoms with E-state index in [0.717, 1.165) is 23.5 Å². The third-order valence-electron chi connectivity index (χ3n) is 2.34. The summed E-state index contributed by atoms with van der Waals surface area (Å²) in [4.78, 5) is 11.6. The number of nitrogens with zero attached hydrogens (tertiary/aromatic N) is 2. The highest BCUT2D eigenvalue weighted by Gasteiger charge is 2.30. The molecule has 1 heterocycles. The van der Waals surface area contributed by atoms with E-state index in [1.165, 1.54) is 12.1 Å². The Bertz CT molecular complexity index is 626. The summed E-state index contributed by atoms with van der Waals surface area (Å²) < 4.78 is 37.5. The van der Waals surface area contributed by atoms with Gasteiger partial charge in [0.15, 0.2) is 0 Å². The number of nitrogen functional groups attached to an aromatic ring is 1. The molecule has 2 aromatic rings. The molecule has 0 saturated heterocycles. The Morgan fingerprint density at radius 1 is 1.35 bits per heavy atom. The maximum atomic E-state index is 12.5. The normalized spacial score (nSPS) is 11.3. The van der Waals surface area contributed by atoms with Gasteiger partial charge in [-0.15, -0.1) is 10.2 Å². The quantitative estimate of drug-likeness (QED) is 0.909. The summed E-state index contributed by atoms with van der Waals surface area (Å²) in [6.45, 7) is -0.0394. The van der Waals surface area contributed by atoms with Crippen LogP contribution >= 0.6 is 11.3 Å². The third-order valence-corrected chi connectivity index (χ3v) is 3.09. The van der Waals surface area contributed by atoms with Gasteiger partial charge in [-0.05, 0) is 17.7 Å². The molecule has 1 aromatic heterocycles. The molecule has 0 saturated carbocycles. The van der Waals surface area contributed by atoms with Crippen molar-refractivity contribution in [2.75, 3.05) is 5.73 Å². The van der Waals surface area contributed by atoms with Crippen LogP contribution in [0.5, 0.6) is 0 Å². The van der Waals surface area contributed by atoms with E-state index in [1.807, 2.05) is 0 Å². The molecule has 0 radical (unpaired) electrons. The van der Waals surface area contributed by atoms with Gasteiger partial charge in [0, 0.05) is 6.54 Å². The monoisotopic (exact) mass is 302 g/mol. The van der Waals surface area contributed by atoms with Crippen molar-refractivity contribution in [1.82, 2.24) is 15.5 Å². The summed E-state index contributed by atoms with van der Waals surface area (Å²) in [5.41, 5.74) is 4.91. The molecule has 106 valence electrons. The second-order valence-corrected chi connectivity index (χ2v) is 4.84. The number of aromatic nitrogens is 2. The van der Waals surface area contributed by atoms with Crippen LogP contribution in [0.2, 0.25) is 0 Å². The topological polar surface area (TPSA) is 80.9 Å². The molecule has 1 aromatic carbocycles. The standard InChI is InChI=1S/C11H9F3N4OS/c12-11(13,14)7-3-1-2-6(4-7)5-16-8(19)9-17-18-10(15)20-9/h1-4H,5H2,(H2,15,18)(H,16,19).